The average molecular weight is 473 g/mol. The molecule has 1 aromatic heterocycles. The summed E-state index contributed by atoms with van der Waals surface area (Å²) in [6.45, 7) is 0. The van der Waals surface area contributed by atoms with Gasteiger partial charge in [0.05, 0.1) is 36.4 Å². The second-order valence-electron chi connectivity index (χ2n) is 7.83. The van der Waals surface area contributed by atoms with E-state index in [0.717, 1.165) is 4.90 Å². The molecule has 9 heteroatoms. The van der Waals surface area contributed by atoms with Crippen LogP contribution in [0.25, 0.3) is 16.8 Å². The Labute approximate surface area is 199 Å². The van der Waals surface area contributed by atoms with Crippen LogP contribution in [-0.4, -0.2) is 41.0 Å². The number of aromatic nitrogens is 2. The number of hydrogen-bond donors (Lipinski definition) is 2. The molecule has 0 radical (unpaired) electrons. The summed E-state index contributed by atoms with van der Waals surface area (Å²) in [5, 5.41) is 11.3. The highest BCUT2D eigenvalue weighted by Crippen LogP contribution is 2.43. The number of Topliss-reactive ketones (excluding diaryl/α,β-unsaturated/α-hetero) is 1. The molecule has 0 aliphatic carbocycles. The van der Waals surface area contributed by atoms with Crippen molar-refractivity contribution < 1.29 is 28.6 Å². The molecule has 176 valence electrons. The number of anilines is 1. The van der Waals surface area contributed by atoms with Gasteiger partial charge in [0.2, 0.25) is 5.95 Å². The van der Waals surface area contributed by atoms with Gasteiger partial charge in [-0.25, -0.2) is 9.37 Å². The number of nitrogens with zero attached hydrogens (tertiary/aromatic N) is 2. The third-order valence-electron chi connectivity index (χ3n) is 5.91. The Morgan fingerprint density at radius 2 is 1.77 bits per heavy atom. The van der Waals surface area contributed by atoms with Crippen LogP contribution in [0, 0.1) is 5.82 Å². The number of halogens is 1. The van der Waals surface area contributed by atoms with E-state index in [-0.39, 0.29) is 28.4 Å². The van der Waals surface area contributed by atoms with Gasteiger partial charge in [0.1, 0.15) is 29.1 Å². The summed E-state index contributed by atoms with van der Waals surface area (Å²) >= 11 is 0. The topological polar surface area (TPSA) is 105 Å². The third kappa shape index (κ3) is 3.57. The zero-order valence-electron chi connectivity index (χ0n) is 18.8. The third-order valence-corrected chi connectivity index (χ3v) is 5.91. The summed E-state index contributed by atoms with van der Waals surface area (Å²) < 4.78 is 25.6. The quantitative estimate of drug-likeness (QED) is 0.254. The number of para-hydroxylation sites is 2. The molecule has 1 aliphatic heterocycles. The zero-order chi connectivity index (χ0) is 24.7. The fraction of sp³-hybridized carbons (Fsp3) is 0.115. The predicted molar refractivity (Wildman–Crippen MR) is 127 cm³/mol. The van der Waals surface area contributed by atoms with Crippen LogP contribution >= 0.6 is 0 Å². The van der Waals surface area contributed by atoms with E-state index in [1.54, 1.807) is 36.4 Å². The van der Waals surface area contributed by atoms with Crippen LogP contribution in [0.3, 0.4) is 0 Å². The van der Waals surface area contributed by atoms with Crippen LogP contribution in [0.2, 0.25) is 0 Å². The molecular formula is C26H20FN3O5. The number of carbonyl (C=O) groups is 2. The number of nitrogens with one attached hydrogen (secondary N) is 1. The number of benzene rings is 3. The summed E-state index contributed by atoms with van der Waals surface area (Å²) in [6.07, 6.45) is 0. The van der Waals surface area contributed by atoms with E-state index in [4.69, 9.17) is 9.47 Å². The highest BCUT2D eigenvalue weighted by atomic mass is 19.1. The number of hydrogen-bond acceptors (Lipinski definition) is 6. The lowest BCUT2D eigenvalue weighted by Crippen LogP contribution is -2.30. The highest BCUT2D eigenvalue weighted by Gasteiger charge is 2.49. The number of fused-ring (bicyclic) bond motifs is 1. The SMILES string of the molecule is COc1ccc(/C(O)=C2\C(=O)C(=O)N(c3nc4ccccc4[nH]3)C2c2ccccc2F)c(OC)c1. The minimum Gasteiger partial charge on any atom is -0.507 e. The Balaban J connectivity index is 1.76. The number of methoxy groups -OCH3 is 2. The molecule has 0 spiro atoms. The van der Waals surface area contributed by atoms with Gasteiger partial charge < -0.3 is 19.6 Å². The maximum Gasteiger partial charge on any atom is 0.302 e. The Morgan fingerprint density at radius 1 is 1.03 bits per heavy atom. The number of aliphatic hydroxyl groups excluding tert-OH is 1. The number of ether oxygens (including phenoxy) is 2. The van der Waals surface area contributed by atoms with Gasteiger partial charge in [0.25, 0.3) is 5.78 Å². The minimum absolute atomic E-state index is 0.0289. The lowest BCUT2D eigenvalue weighted by molar-refractivity contribution is -0.132. The second-order valence-corrected chi connectivity index (χ2v) is 7.83. The van der Waals surface area contributed by atoms with Crippen LogP contribution in [0.1, 0.15) is 17.2 Å². The first kappa shape index (κ1) is 22.1. The predicted octanol–water partition coefficient (Wildman–Crippen LogP) is 4.35. The molecule has 3 aromatic carbocycles. The number of H-pyrrole nitrogens is 1. The highest BCUT2D eigenvalue weighted by molar-refractivity contribution is 6.51. The van der Waals surface area contributed by atoms with Crippen molar-refractivity contribution in [3.63, 3.8) is 0 Å². The van der Waals surface area contributed by atoms with Crippen molar-refractivity contribution in [2.24, 2.45) is 0 Å². The van der Waals surface area contributed by atoms with Crippen LogP contribution < -0.4 is 14.4 Å². The van der Waals surface area contributed by atoms with Gasteiger partial charge in [-0.15, -0.1) is 0 Å². The molecule has 4 aromatic rings. The number of ketones is 1. The smallest absolute Gasteiger partial charge is 0.302 e. The summed E-state index contributed by atoms with van der Waals surface area (Å²) in [5.41, 5.74) is 1.09. The summed E-state index contributed by atoms with van der Waals surface area (Å²) in [6, 6.07) is 16.2. The Kier molecular flexibility index (Phi) is 5.44. The molecule has 1 aliphatic rings. The number of aromatic amines is 1. The van der Waals surface area contributed by atoms with Crippen LogP contribution in [0.4, 0.5) is 10.3 Å². The molecule has 35 heavy (non-hydrogen) atoms. The van der Waals surface area contributed by atoms with E-state index in [1.165, 1.54) is 44.6 Å². The molecule has 1 fully saturated rings. The monoisotopic (exact) mass is 473 g/mol. The van der Waals surface area contributed by atoms with Crippen molar-refractivity contribution in [1.82, 2.24) is 9.97 Å². The Hall–Kier alpha value is -4.66. The molecule has 2 N–H and O–H groups in total. The molecule has 1 unspecified atom stereocenters. The minimum atomic E-state index is -1.27. The lowest BCUT2D eigenvalue weighted by Gasteiger charge is -2.23. The van der Waals surface area contributed by atoms with E-state index >= 15 is 4.39 Å². The van der Waals surface area contributed by atoms with Crippen molar-refractivity contribution in [3.8, 4) is 11.5 Å². The molecular weight excluding hydrogens is 453 g/mol. The van der Waals surface area contributed by atoms with E-state index in [1.807, 2.05) is 0 Å². The number of rotatable bonds is 5. The van der Waals surface area contributed by atoms with Gasteiger partial charge in [-0.3, -0.25) is 14.5 Å². The largest absolute Gasteiger partial charge is 0.507 e. The first-order valence-electron chi connectivity index (χ1n) is 10.7. The lowest BCUT2D eigenvalue weighted by atomic mass is 9.94. The van der Waals surface area contributed by atoms with Crippen molar-refractivity contribution >= 4 is 34.4 Å². The standard InChI is InChI=1S/C26H20FN3O5/c1-34-14-11-12-16(20(13-14)35-2)23(31)21-22(15-7-3-4-8-17(15)27)30(25(33)24(21)32)26-28-18-9-5-6-10-19(18)29-26/h3-13,22,31H,1-2H3,(H,28,29)/b23-21+. The number of amides is 1. The number of aliphatic hydroxyl groups is 1. The molecule has 0 bridgehead atoms. The number of carbonyl (C=O) groups excluding carboxylic acids is 2. The Bertz CT molecular complexity index is 1480. The van der Waals surface area contributed by atoms with E-state index < -0.39 is 29.3 Å². The molecule has 1 saturated heterocycles. The molecule has 0 saturated carbocycles. The van der Waals surface area contributed by atoms with E-state index in [2.05, 4.69) is 9.97 Å². The average Bonchev–Trinajstić information content (AvgIpc) is 3.41. The summed E-state index contributed by atoms with van der Waals surface area (Å²) in [4.78, 5) is 35.1. The Morgan fingerprint density at radius 3 is 2.49 bits per heavy atom. The molecule has 1 atom stereocenters. The van der Waals surface area contributed by atoms with Gasteiger partial charge in [-0.05, 0) is 30.3 Å². The summed E-state index contributed by atoms with van der Waals surface area (Å²) in [5.74, 6) is -2.35. The fourth-order valence-electron chi connectivity index (χ4n) is 4.23. The zero-order valence-corrected chi connectivity index (χ0v) is 18.8. The van der Waals surface area contributed by atoms with Crippen molar-refractivity contribution in [2.45, 2.75) is 6.04 Å². The fourth-order valence-corrected chi connectivity index (χ4v) is 4.23. The van der Waals surface area contributed by atoms with Gasteiger partial charge >= 0.3 is 5.91 Å². The first-order chi connectivity index (χ1) is 16.9. The maximum absolute atomic E-state index is 15.0. The van der Waals surface area contributed by atoms with Gasteiger partial charge in [-0.1, -0.05) is 30.3 Å². The van der Waals surface area contributed by atoms with Crippen LogP contribution in [0.5, 0.6) is 11.5 Å². The second kappa shape index (κ2) is 8.60. The normalized spacial score (nSPS) is 17.2. The van der Waals surface area contributed by atoms with Crippen LogP contribution in [0.15, 0.2) is 72.3 Å². The number of imidazole rings is 1. The maximum atomic E-state index is 15.0. The van der Waals surface area contributed by atoms with Crippen molar-refractivity contribution in [3.05, 3.63) is 89.2 Å². The molecule has 2 heterocycles. The van der Waals surface area contributed by atoms with Crippen molar-refractivity contribution in [1.29, 1.82) is 0 Å². The van der Waals surface area contributed by atoms with Gasteiger partial charge in [0, 0.05) is 11.6 Å². The summed E-state index contributed by atoms with van der Waals surface area (Å²) in [7, 11) is 2.87. The van der Waals surface area contributed by atoms with Crippen LogP contribution in [-0.2, 0) is 9.59 Å². The van der Waals surface area contributed by atoms with Gasteiger partial charge in [-0.2, -0.15) is 0 Å². The van der Waals surface area contributed by atoms with E-state index in [0.29, 0.717) is 16.8 Å². The first-order valence-corrected chi connectivity index (χ1v) is 10.7. The van der Waals surface area contributed by atoms with E-state index in [9.17, 15) is 14.7 Å². The van der Waals surface area contributed by atoms with Crippen molar-refractivity contribution in [2.75, 3.05) is 19.1 Å². The molecule has 1 amide bonds. The molecule has 8 nitrogen and oxygen atoms in total. The van der Waals surface area contributed by atoms with Gasteiger partial charge in [0.15, 0.2) is 0 Å². The molecule has 5 rings (SSSR count).